The second kappa shape index (κ2) is 6.23. The Kier molecular flexibility index (Phi) is 5.24. The van der Waals surface area contributed by atoms with Crippen molar-refractivity contribution in [1.82, 2.24) is 5.32 Å². The molecule has 0 aromatic heterocycles. The van der Waals surface area contributed by atoms with Gasteiger partial charge in [-0.05, 0) is 25.0 Å². The zero-order valence-corrected chi connectivity index (χ0v) is 12.5. The summed E-state index contributed by atoms with van der Waals surface area (Å²) in [7, 11) is 0. The molecule has 0 aliphatic rings. The summed E-state index contributed by atoms with van der Waals surface area (Å²) in [5.41, 5.74) is 1.17. The number of halogens is 1. The Labute approximate surface area is 116 Å². The maximum atomic E-state index is 12.1. The Bertz CT molecular complexity index is 404. The van der Waals surface area contributed by atoms with E-state index in [1.54, 1.807) is 25.1 Å². The first-order valence-electron chi connectivity index (χ1n) is 5.62. The van der Waals surface area contributed by atoms with Gasteiger partial charge in [0.2, 0.25) is 0 Å². The first-order valence-corrected chi connectivity index (χ1v) is 7.15. The second-order valence-electron chi connectivity index (χ2n) is 4.43. The summed E-state index contributed by atoms with van der Waals surface area (Å²) in [5, 5.41) is 12.6. The van der Waals surface area contributed by atoms with Crippen LogP contribution in [0.2, 0.25) is 0 Å². The van der Waals surface area contributed by atoms with Gasteiger partial charge >= 0.3 is 0 Å². The number of benzene rings is 1. The molecule has 0 spiro atoms. The molecule has 1 amide bonds. The largest absolute Gasteiger partial charge is 0.508 e. The molecule has 1 rings (SSSR count). The molecule has 0 aliphatic heterocycles. The summed E-state index contributed by atoms with van der Waals surface area (Å²) in [5.74, 6) is 0.440. The Morgan fingerprint density at radius 2 is 2.12 bits per heavy atom. The normalized spacial score (nSPS) is 12.5. The Hall–Kier alpha value is -0.780. The van der Waals surface area contributed by atoms with Crippen LogP contribution < -0.4 is 5.32 Å². The second-order valence-corrected chi connectivity index (χ2v) is 5.31. The van der Waals surface area contributed by atoms with Crippen LogP contribution in [0, 0.1) is 12.8 Å². The third kappa shape index (κ3) is 3.59. The van der Waals surface area contributed by atoms with Crippen LogP contribution in [0.4, 0.5) is 0 Å². The van der Waals surface area contributed by atoms with E-state index in [-0.39, 0.29) is 17.7 Å². The van der Waals surface area contributed by atoms with Crippen molar-refractivity contribution in [3.63, 3.8) is 0 Å². The smallest absolute Gasteiger partial charge is 0.251 e. The van der Waals surface area contributed by atoms with E-state index in [0.717, 1.165) is 4.43 Å². The molecule has 0 heterocycles. The highest BCUT2D eigenvalue weighted by Crippen LogP contribution is 2.19. The van der Waals surface area contributed by atoms with Crippen molar-refractivity contribution >= 4 is 28.5 Å². The fraction of sp³-hybridized carbons (Fsp3) is 0.462. The highest BCUT2D eigenvalue weighted by atomic mass is 127. The summed E-state index contributed by atoms with van der Waals surface area (Å²) < 4.78 is 0.874. The fourth-order valence-corrected chi connectivity index (χ4v) is 2.74. The summed E-state index contributed by atoms with van der Waals surface area (Å²) in [4.78, 5) is 12.1. The lowest BCUT2D eigenvalue weighted by atomic mass is 10.0. The van der Waals surface area contributed by atoms with E-state index >= 15 is 0 Å². The van der Waals surface area contributed by atoms with Crippen LogP contribution in [0.15, 0.2) is 18.2 Å². The average molecular weight is 347 g/mol. The first-order chi connectivity index (χ1) is 7.97. The van der Waals surface area contributed by atoms with Gasteiger partial charge in [0.15, 0.2) is 0 Å². The van der Waals surface area contributed by atoms with Crippen LogP contribution in [-0.4, -0.2) is 21.5 Å². The Balaban J connectivity index is 2.86. The molecule has 0 radical (unpaired) electrons. The van der Waals surface area contributed by atoms with E-state index < -0.39 is 0 Å². The molecule has 1 aromatic carbocycles. The molecule has 3 nitrogen and oxygen atoms in total. The number of carbonyl (C=O) groups is 1. The Morgan fingerprint density at radius 1 is 1.47 bits per heavy atom. The number of hydrogen-bond donors (Lipinski definition) is 2. The number of amides is 1. The van der Waals surface area contributed by atoms with Gasteiger partial charge in [-0.1, -0.05) is 42.5 Å². The number of rotatable bonds is 4. The minimum atomic E-state index is -0.117. The SMILES string of the molecule is Cc1c(O)cccc1C(=O)NC(CI)C(C)C. The number of carbonyl (C=O) groups excluding carboxylic acids is 1. The fourth-order valence-electron chi connectivity index (χ4n) is 1.50. The van der Waals surface area contributed by atoms with Crippen LogP contribution in [0.1, 0.15) is 29.8 Å². The molecule has 94 valence electrons. The van der Waals surface area contributed by atoms with Crippen LogP contribution >= 0.6 is 22.6 Å². The summed E-state index contributed by atoms with van der Waals surface area (Å²) in [6, 6.07) is 5.16. The monoisotopic (exact) mass is 347 g/mol. The number of phenols is 1. The standard InChI is InChI=1S/C13H18INO2/c1-8(2)11(7-14)15-13(17)10-5-4-6-12(16)9(10)3/h4-6,8,11,16H,7H2,1-3H3,(H,15,17). The van der Waals surface area contributed by atoms with Gasteiger partial charge in [-0.25, -0.2) is 0 Å². The number of hydrogen-bond acceptors (Lipinski definition) is 2. The van der Waals surface area contributed by atoms with Crippen LogP contribution in [0.3, 0.4) is 0 Å². The quantitative estimate of drug-likeness (QED) is 0.650. The highest BCUT2D eigenvalue weighted by Gasteiger charge is 2.17. The van der Waals surface area contributed by atoms with E-state index in [9.17, 15) is 9.90 Å². The van der Waals surface area contributed by atoms with Gasteiger partial charge in [0.1, 0.15) is 5.75 Å². The number of phenolic OH excluding ortho intramolecular Hbond substituents is 1. The van der Waals surface area contributed by atoms with E-state index in [0.29, 0.717) is 17.0 Å². The molecule has 17 heavy (non-hydrogen) atoms. The molecule has 1 unspecified atom stereocenters. The van der Waals surface area contributed by atoms with Gasteiger partial charge in [0, 0.05) is 21.6 Å². The predicted octanol–water partition coefficient (Wildman–Crippen LogP) is 2.89. The minimum Gasteiger partial charge on any atom is -0.508 e. The summed E-state index contributed by atoms with van der Waals surface area (Å²) in [6.45, 7) is 5.91. The van der Waals surface area contributed by atoms with Crippen molar-refractivity contribution in [1.29, 1.82) is 0 Å². The summed E-state index contributed by atoms with van der Waals surface area (Å²) >= 11 is 2.27. The topological polar surface area (TPSA) is 49.3 Å². The number of nitrogens with one attached hydrogen (secondary N) is 1. The zero-order valence-electron chi connectivity index (χ0n) is 10.3. The third-order valence-electron chi connectivity index (χ3n) is 2.84. The average Bonchev–Trinajstić information content (AvgIpc) is 2.28. The first kappa shape index (κ1) is 14.3. The zero-order chi connectivity index (χ0) is 13.0. The molecule has 0 aliphatic carbocycles. The number of aromatic hydroxyl groups is 1. The van der Waals surface area contributed by atoms with Crippen molar-refractivity contribution < 1.29 is 9.90 Å². The molecule has 1 aromatic rings. The maximum Gasteiger partial charge on any atom is 0.251 e. The predicted molar refractivity (Wildman–Crippen MR) is 77.8 cm³/mol. The van der Waals surface area contributed by atoms with Crippen molar-refractivity contribution in [3.05, 3.63) is 29.3 Å². The van der Waals surface area contributed by atoms with Gasteiger partial charge in [-0.2, -0.15) is 0 Å². The van der Waals surface area contributed by atoms with E-state index in [1.807, 2.05) is 0 Å². The van der Waals surface area contributed by atoms with Crippen molar-refractivity contribution in [2.45, 2.75) is 26.8 Å². The van der Waals surface area contributed by atoms with Crippen molar-refractivity contribution in [3.8, 4) is 5.75 Å². The molecular weight excluding hydrogens is 329 g/mol. The van der Waals surface area contributed by atoms with Crippen LogP contribution in [0.25, 0.3) is 0 Å². The van der Waals surface area contributed by atoms with E-state index in [2.05, 4.69) is 41.8 Å². The van der Waals surface area contributed by atoms with Crippen molar-refractivity contribution in [2.75, 3.05) is 4.43 Å². The van der Waals surface area contributed by atoms with Gasteiger partial charge in [-0.3, -0.25) is 4.79 Å². The maximum absolute atomic E-state index is 12.1. The van der Waals surface area contributed by atoms with E-state index in [1.165, 1.54) is 0 Å². The lowest BCUT2D eigenvalue weighted by Crippen LogP contribution is -2.39. The lowest BCUT2D eigenvalue weighted by Gasteiger charge is -2.20. The molecule has 0 saturated carbocycles. The Morgan fingerprint density at radius 3 is 2.65 bits per heavy atom. The van der Waals surface area contributed by atoms with E-state index in [4.69, 9.17) is 0 Å². The number of alkyl halides is 1. The molecule has 0 fully saturated rings. The van der Waals surface area contributed by atoms with Gasteiger partial charge in [-0.15, -0.1) is 0 Å². The van der Waals surface area contributed by atoms with Gasteiger partial charge < -0.3 is 10.4 Å². The molecule has 1 atom stereocenters. The molecule has 4 heteroatoms. The van der Waals surface area contributed by atoms with Crippen LogP contribution in [0.5, 0.6) is 5.75 Å². The molecular formula is C13H18INO2. The van der Waals surface area contributed by atoms with Gasteiger partial charge in [0.05, 0.1) is 0 Å². The molecule has 0 bridgehead atoms. The molecule has 2 N–H and O–H groups in total. The lowest BCUT2D eigenvalue weighted by molar-refractivity contribution is 0.0931. The van der Waals surface area contributed by atoms with Crippen molar-refractivity contribution in [2.24, 2.45) is 5.92 Å². The molecule has 0 saturated heterocycles. The van der Waals surface area contributed by atoms with Gasteiger partial charge in [0.25, 0.3) is 5.91 Å². The third-order valence-corrected chi connectivity index (χ3v) is 3.79. The summed E-state index contributed by atoms with van der Waals surface area (Å²) in [6.07, 6.45) is 0. The highest BCUT2D eigenvalue weighted by molar-refractivity contribution is 14.1. The van der Waals surface area contributed by atoms with Crippen LogP contribution in [-0.2, 0) is 0 Å². The minimum absolute atomic E-state index is 0.117.